The molecule has 0 aliphatic carbocycles. The molecular formula is C49H32N2O2. The fourth-order valence-corrected chi connectivity index (χ4v) is 7.28. The third-order valence-electron chi connectivity index (χ3n) is 9.91. The highest BCUT2D eigenvalue weighted by Crippen LogP contribution is 2.41. The molecule has 0 bridgehead atoms. The number of benzene rings is 8. The molecule has 0 fully saturated rings. The molecule has 0 aliphatic rings. The van der Waals surface area contributed by atoms with Crippen LogP contribution in [0.4, 0.5) is 17.1 Å². The molecule has 53 heavy (non-hydrogen) atoms. The third-order valence-corrected chi connectivity index (χ3v) is 9.91. The van der Waals surface area contributed by atoms with Gasteiger partial charge in [0.05, 0.1) is 0 Å². The van der Waals surface area contributed by atoms with E-state index in [0.717, 1.165) is 66.8 Å². The van der Waals surface area contributed by atoms with E-state index in [4.69, 9.17) is 13.8 Å². The maximum absolute atomic E-state index is 6.57. The van der Waals surface area contributed by atoms with Crippen molar-refractivity contribution >= 4 is 50.1 Å². The van der Waals surface area contributed by atoms with Crippen LogP contribution in [-0.4, -0.2) is 4.98 Å². The Labute approximate surface area is 306 Å². The van der Waals surface area contributed by atoms with Gasteiger partial charge in [0.15, 0.2) is 5.58 Å². The highest BCUT2D eigenvalue weighted by molar-refractivity contribution is 6.12. The Bertz CT molecular complexity index is 2860. The summed E-state index contributed by atoms with van der Waals surface area (Å²) in [7, 11) is 0. The van der Waals surface area contributed by atoms with Gasteiger partial charge in [0.2, 0.25) is 5.89 Å². The fraction of sp³-hybridized carbons (Fsp3) is 0. The second-order valence-corrected chi connectivity index (χ2v) is 13.2. The zero-order valence-corrected chi connectivity index (χ0v) is 28.7. The van der Waals surface area contributed by atoms with Crippen LogP contribution in [0.25, 0.3) is 77.9 Å². The standard InChI is InChI=1S/C49H32N2O2/c1-4-12-33(13-5-1)34-22-24-35(25-23-34)38-16-10-19-41(30-38)51(39-17-8-3-9-18-39)40-28-26-36(27-29-40)42-20-11-21-43-44-31-45-47(32-46(44)52-48(42)43)53-49(50-45)37-14-6-2-7-15-37/h1-32H. The largest absolute Gasteiger partial charge is 0.455 e. The molecule has 0 N–H and O–H groups in total. The topological polar surface area (TPSA) is 42.4 Å². The normalized spacial score (nSPS) is 11.4. The molecule has 0 saturated heterocycles. The molecule has 4 heteroatoms. The van der Waals surface area contributed by atoms with E-state index in [1.165, 1.54) is 16.7 Å². The molecule has 0 unspecified atom stereocenters. The first-order valence-corrected chi connectivity index (χ1v) is 17.8. The lowest BCUT2D eigenvalue weighted by molar-refractivity contribution is 0.617. The number of aromatic nitrogens is 1. The van der Waals surface area contributed by atoms with Crippen molar-refractivity contribution in [2.75, 3.05) is 4.90 Å². The first-order valence-electron chi connectivity index (χ1n) is 17.8. The summed E-state index contributed by atoms with van der Waals surface area (Å²) in [5, 5.41) is 2.07. The van der Waals surface area contributed by atoms with Crippen LogP contribution < -0.4 is 4.90 Å². The van der Waals surface area contributed by atoms with Gasteiger partial charge in [-0.15, -0.1) is 0 Å². The van der Waals surface area contributed by atoms with E-state index >= 15 is 0 Å². The van der Waals surface area contributed by atoms with E-state index in [1.807, 2.05) is 42.5 Å². The average molecular weight is 681 g/mol. The molecule has 2 aromatic heterocycles. The summed E-state index contributed by atoms with van der Waals surface area (Å²) in [6, 6.07) is 67.6. The molecule has 10 rings (SSSR count). The van der Waals surface area contributed by atoms with Gasteiger partial charge in [0.25, 0.3) is 0 Å². The van der Waals surface area contributed by atoms with Crippen molar-refractivity contribution in [1.82, 2.24) is 4.98 Å². The predicted octanol–water partition coefficient (Wildman–Crippen LogP) is 13.9. The third kappa shape index (κ3) is 5.63. The Hall–Kier alpha value is -7.17. The Balaban J connectivity index is 0.999. The van der Waals surface area contributed by atoms with Crippen molar-refractivity contribution < 1.29 is 8.83 Å². The van der Waals surface area contributed by atoms with E-state index in [0.29, 0.717) is 11.5 Å². The summed E-state index contributed by atoms with van der Waals surface area (Å²) >= 11 is 0. The Morgan fingerprint density at radius 2 is 0.925 bits per heavy atom. The molecule has 0 amide bonds. The smallest absolute Gasteiger partial charge is 0.227 e. The first kappa shape index (κ1) is 30.6. The summed E-state index contributed by atoms with van der Waals surface area (Å²) in [5.41, 5.74) is 14.2. The highest BCUT2D eigenvalue weighted by Gasteiger charge is 2.18. The summed E-state index contributed by atoms with van der Waals surface area (Å²) in [5.74, 6) is 0.604. The van der Waals surface area contributed by atoms with E-state index in [2.05, 4.69) is 157 Å². The predicted molar refractivity (Wildman–Crippen MR) is 218 cm³/mol. The average Bonchev–Trinajstić information content (AvgIpc) is 3.82. The van der Waals surface area contributed by atoms with Crippen LogP contribution in [0.1, 0.15) is 0 Å². The number of oxazole rings is 1. The molecule has 0 aliphatic heterocycles. The number of hydrogen-bond donors (Lipinski definition) is 0. The lowest BCUT2D eigenvalue weighted by atomic mass is 9.99. The molecule has 0 spiro atoms. The molecule has 8 aromatic carbocycles. The van der Waals surface area contributed by atoms with Crippen LogP contribution in [0, 0.1) is 0 Å². The van der Waals surface area contributed by atoms with Crippen LogP contribution >= 0.6 is 0 Å². The van der Waals surface area contributed by atoms with Crippen LogP contribution in [0.15, 0.2) is 203 Å². The van der Waals surface area contributed by atoms with Crippen LogP contribution in [0.3, 0.4) is 0 Å². The first-order chi connectivity index (χ1) is 26.2. The second kappa shape index (κ2) is 12.9. The number of para-hydroxylation sites is 2. The summed E-state index contributed by atoms with van der Waals surface area (Å²) in [6.07, 6.45) is 0. The lowest BCUT2D eigenvalue weighted by Gasteiger charge is -2.26. The van der Waals surface area contributed by atoms with Gasteiger partial charge in [-0.1, -0.05) is 133 Å². The quantitative estimate of drug-likeness (QED) is 0.168. The Morgan fingerprint density at radius 1 is 0.358 bits per heavy atom. The number of rotatable bonds is 7. The SMILES string of the molecule is c1ccc(-c2ccc(-c3cccc(N(c4ccccc4)c4ccc(-c5cccc6c5oc5cc7oc(-c8ccccc8)nc7cc56)cc4)c3)cc2)cc1. The zero-order chi connectivity index (χ0) is 35.1. The molecule has 2 heterocycles. The lowest BCUT2D eigenvalue weighted by Crippen LogP contribution is -2.09. The van der Waals surface area contributed by atoms with Crippen molar-refractivity contribution in [2.45, 2.75) is 0 Å². The zero-order valence-electron chi connectivity index (χ0n) is 28.7. The van der Waals surface area contributed by atoms with Gasteiger partial charge < -0.3 is 13.7 Å². The van der Waals surface area contributed by atoms with Gasteiger partial charge in [-0.2, -0.15) is 0 Å². The number of anilines is 3. The number of hydrogen-bond acceptors (Lipinski definition) is 4. The molecule has 4 nitrogen and oxygen atoms in total. The number of furan rings is 1. The van der Waals surface area contributed by atoms with Crippen molar-refractivity contribution in [2.24, 2.45) is 0 Å². The maximum atomic E-state index is 6.57. The minimum atomic E-state index is 0.604. The van der Waals surface area contributed by atoms with Gasteiger partial charge in [-0.3, -0.25) is 0 Å². The minimum absolute atomic E-state index is 0.604. The van der Waals surface area contributed by atoms with Crippen molar-refractivity contribution in [3.8, 4) is 44.8 Å². The van der Waals surface area contributed by atoms with E-state index in [-0.39, 0.29) is 0 Å². The van der Waals surface area contributed by atoms with Gasteiger partial charge in [-0.25, -0.2) is 4.98 Å². The van der Waals surface area contributed by atoms with Crippen molar-refractivity contribution in [3.63, 3.8) is 0 Å². The van der Waals surface area contributed by atoms with E-state index < -0.39 is 0 Å². The fourth-order valence-electron chi connectivity index (χ4n) is 7.28. The van der Waals surface area contributed by atoms with Crippen molar-refractivity contribution in [1.29, 1.82) is 0 Å². The van der Waals surface area contributed by atoms with E-state index in [1.54, 1.807) is 0 Å². The van der Waals surface area contributed by atoms with Gasteiger partial charge in [0.1, 0.15) is 16.7 Å². The van der Waals surface area contributed by atoms with Crippen LogP contribution in [0.2, 0.25) is 0 Å². The molecule has 0 radical (unpaired) electrons. The summed E-state index contributed by atoms with van der Waals surface area (Å²) < 4.78 is 12.7. The summed E-state index contributed by atoms with van der Waals surface area (Å²) in [6.45, 7) is 0. The van der Waals surface area contributed by atoms with Gasteiger partial charge >= 0.3 is 0 Å². The molecule has 0 atom stereocenters. The maximum Gasteiger partial charge on any atom is 0.227 e. The molecule has 10 aromatic rings. The second-order valence-electron chi connectivity index (χ2n) is 13.2. The number of nitrogens with zero attached hydrogens (tertiary/aromatic N) is 2. The van der Waals surface area contributed by atoms with Crippen LogP contribution in [-0.2, 0) is 0 Å². The van der Waals surface area contributed by atoms with Gasteiger partial charge in [0, 0.05) is 45.0 Å². The number of fused-ring (bicyclic) bond motifs is 4. The molecular weight excluding hydrogens is 649 g/mol. The van der Waals surface area contributed by atoms with Gasteiger partial charge in [-0.05, 0) is 82.4 Å². The summed E-state index contributed by atoms with van der Waals surface area (Å²) in [4.78, 5) is 7.11. The molecule has 250 valence electrons. The monoisotopic (exact) mass is 680 g/mol. The van der Waals surface area contributed by atoms with E-state index in [9.17, 15) is 0 Å². The molecule has 0 saturated carbocycles. The van der Waals surface area contributed by atoms with Crippen molar-refractivity contribution in [3.05, 3.63) is 194 Å². The minimum Gasteiger partial charge on any atom is -0.455 e. The Morgan fingerprint density at radius 3 is 1.66 bits per heavy atom. The highest BCUT2D eigenvalue weighted by atomic mass is 16.4. The van der Waals surface area contributed by atoms with Crippen LogP contribution in [0.5, 0.6) is 0 Å². The Kier molecular flexibility index (Phi) is 7.43.